The van der Waals surface area contributed by atoms with Gasteiger partial charge in [0.2, 0.25) is 0 Å². The second-order valence-corrected chi connectivity index (χ2v) is 3.31. The van der Waals surface area contributed by atoms with Gasteiger partial charge in [0.15, 0.2) is 0 Å². The zero-order valence-corrected chi connectivity index (χ0v) is 14.3. The number of aromatic carboxylic acids is 2. The quantitative estimate of drug-likeness (QED) is 0.522. The Morgan fingerprint density at radius 1 is 0.650 bits per heavy atom. The smallest absolute Gasteiger partial charge is 0.545 e. The molecular weight excluding hydrogens is 455 g/mol. The Morgan fingerprint density at radius 2 is 0.900 bits per heavy atom. The van der Waals surface area contributed by atoms with E-state index in [0.29, 0.717) is 0 Å². The predicted molar refractivity (Wildman–Crippen MR) is 70.9 cm³/mol. The van der Waals surface area contributed by atoms with Gasteiger partial charge in [0.1, 0.15) is 0 Å². The van der Waals surface area contributed by atoms with Crippen molar-refractivity contribution < 1.29 is 25.3 Å². The summed E-state index contributed by atoms with van der Waals surface area (Å²) in [5, 5.41) is 20.2. The van der Waals surface area contributed by atoms with Crippen LogP contribution < -0.4 is 10.2 Å². The number of carbonyl (C=O) groups is 2. The van der Waals surface area contributed by atoms with E-state index in [1.165, 1.54) is 24.3 Å². The molecule has 0 aliphatic heterocycles. The van der Waals surface area contributed by atoms with Crippen LogP contribution in [0, 0.1) is 0 Å². The average Bonchev–Trinajstić information content (AvgIpc) is 2.41. The number of carboxylic acid groups (broad SMARTS) is 2. The fraction of sp³-hybridized carbons (Fsp3) is 0. The number of carbonyl (C=O) groups excluding carboxylic acids is 2. The van der Waals surface area contributed by atoms with Crippen molar-refractivity contribution in [3.63, 3.8) is 0 Å². The van der Waals surface area contributed by atoms with Crippen LogP contribution in [-0.4, -0.2) is 44.7 Å². The summed E-state index contributed by atoms with van der Waals surface area (Å²) in [6, 6.07) is 16.1. The second kappa shape index (κ2) is 11.1. The van der Waals surface area contributed by atoms with Crippen molar-refractivity contribution in [3.05, 3.63) is 71.8 Å². The molecule has 0 aromatic heterocycles. The molecule has 0 saturated carbocycles. The van der Waals surface area contributed by atoms with Gasteiger partial charge >= 0.3 is 27.3 Å². The Morgan fingerprint density at radius 3 is 1.05 bits per heavy atom. The molecule has 2 aromatic carbocycles. The summed E-state index contributed by atoms with van der Waals surface area (Å²) in [4.78, 5) is 20.2. The number of rotatable bonds is 2. The van der Waals surface area contributed by atoms with Gasteiger partial charge in [0, 0.05) is 0 Å². The van der Waals surface area contributed by atoms with E-state index in [-0.39, 0.29) is 43.9 Å². The van der Waals surface area contributed by atoms with Gasteiger partial charge in [-0.2, -0.15) is 0 Å². The van der Waals surface area contributed by atoms with Crippen molar-refractivity contribution in [1.29, 1.82) is 0 Å². The van der Waals surface area contributed by atoms with Crippen molar-refractivity contribution in [3.8, 4) is 0 Å². The molecule has 0 fully saturated rings. The third-order valence-electron chi connectivity index (χ3n) is 2.02. The van der Waals surface area contributed by atoms with Crippen molar-refractivity contribution in [2.75, 3.05) is 0 Å². The molecule has 0 aliphatic carbocycles. The molecule has 0 atom stereocenters. The molecule has 0 amide bonds. The Labute approximate surface area is 136 Å². The Balaban J connectivity index is 0. The topological polar surface area (TPSA) is 112 Å². The van der Waals surface area contributed by atoms with Gasteiger partial charge in [-0.25, -0.2) is 0 Å². The molecule has 2 aromatic rings. The Kier molecular flexibility index (Phi) is 11.4. The fourth-order valence-electron chi connectivity index (χ4n) is 1.15. The minimum Gasteiger partial charge on any atom is -0.545 e. The first kappa shape index (κ1) is 20.6. The van der Waals surface area contributed by atoms with Gasteiger partial charge in [0.05, 0.1) is 11.9 Å². The number of carboxylic acids is 2. The normalized spacial score (nSPS) is 8.00. The van der Waals surface area contributed by atoms with Crippen molar-refractivity contribution in [2.45, 2.75) is 0 Å². The SMILES string of the molecule is O.O=C([O-])c1ccccc1.O=C([O-])c1ccccc1.[Pb+2]. The summed E-state index contributed by atoms with van der Waals surface area (Å²) in [7, 11) is 0. The van der Waals surface area contributed by atoms with Gasteiger partial charge in [-0.1, -0.05) is 60.7 Å². The average molecular weight is 467 g/mol. The molecule has 0 unspecified atom stereocenters. The van der Waals surface area contributed by atoms with Crippen LogP contribution in [0.5, 0.6) is 0 Å². The molecule has 0 spiro atoms. The molecular formula is C14H12O5Pb. The van der Waals surface area contributed by atoms with Gasteiger partial charge in [0.25, 0.3) is 0 Å². The van der Waals surface area contributed by atoms with Crippen LogP contribution in [0.1, 0.15) is 20.7 Å². The first-order chi connectivity index (χ1) is 8.61. The third kappa shape index (κ3) is 7.64. The minimum absolute atomic E-state index is 0. The monoisotopic (exact) mass is 468 g/mol. The molecule has 0 aliphatic rings. The molecule has 2 radical (unpaired) electrons. The first-order valence-electron chi connectivity index (χ1n) is 5.14. The molecule has 0 bridgehead atoms. The van der Waals surface area contributed by atoms with E-state index in [4.69, 9.17) is 0 Å². The molecule has 6 heteroatoms. The number of hydrogen-bond acceptors (Lipinski definition) is 4. The zero-order valence-electron chi connectivity index (χ0n) is 10.4. The van der Waals surface area contributed by atoms with E-state index in [0.717, 1.165) is 0 Å². The maximum atomic E-state index is 10.1. The van der Waals surface area contributed by atoms with E-state index in [2.05, 4.69) is 0 Å². The van der Waals surface area contributed by atoms with E-state index < -0.39 is 11.9 Å². The molecule has 102 valence electrons. The van der Waals surface area contributed by atoms with Gasteiger partial charge in [-0.15, -0.1) is 0 Å². The van der Waals surface area contributed by atoms with Crippen LogP contribution in [0.15, 0.2) is 60.7 Å². The van der Waals surface area contributed by atoms with E-state index >= 15 is 0 Å². The minimum atomic E-state index is -1.13. The van der Waals surface area contributed by atoms with E-state index in [9.17, 15) is 19.8 Å². The summed E-state index contributed by atoms with van der Waals surface area (Å²) < 4.78 is 0. The van der Waals surface area contributed by atoms with Gasteiger partial charge in [-0.05, 0) is 11.1 Å². The Hall–Kier alpha value is -1.74. The molecule has 5 nitrogen and oxygen atoms in total. The number of hydrogen-bond donors (Lipinski definition) is 0. The summed E-state index contributed by atoms with van der Waals surface area (Å²) in [6.07, 6.45) is 0. The largest absolute Gasteiger partial charge is 2.00 e. The summed E-state index contributed by atoms with van der Waals surface area (Å²) in [6.45, 7) is 0. The van der Waals surface area contributed by atoms with Crippen LogP contribution in [0.4, 0.5) is 0 Å². The van der Waals surface area contributed by atoms with Crippen molar-refractivity contribution in [2.24, 2.45) is 0 Å². The summed E-state index contributed by atoms with van der Waals surface area (Å²) in [5.74, 6) is -2.26. The molecule has 20 heavy (non-hydrogen) atoms. The van der Waals surface area contributed by atoms with Crippen LogP contribution in [0.25, 0.3) is 0 Å². The van der Waals surface area contributed by atoms with Gasteiger partial charge in [-0.3, -0.25) is 0 Å². The predicted octanol–water partition coefficient (Wildman–Crippen LogP) is -1.11. The van der Waals surface area contributed by atoms with Crippen LogP contribution in [0.2, 0.25) is 0 Å². The maximum absolute atomic E-state index is 10.1. The Bertz CT molecular complexity index is 464. The third-order valence-corrected chi connectivity index (χ3v) is 2.02. The molecule has 2 rings (SSSR count). The second-order valence-electron chi connectivity index (χ2n) is 3.31. The van der Waals surface area contributed by atoms with Crippen LogP contribution in [-0.2, 0) is 0 Å². The first-order valence-corrected chi connectivity index (χ1v) is 5.14. The molecule has 0 saturated heterocycles. The van der Waals surface area contributed by atoms with E-state index in [1.807, 2.05) is 0 Å². The number of benzene rings is 2. The summed E-state index contributed by atoms with van der Waals surface area (Å²) >= 11 is 0. The van der Waals surface area contributed by atoms with Crippen molar-refractivity contribution >= 4 is 39.2 Å². The standard InChI is InChI=1S/2C7H6O2.H2O.Pb/c2*8-7(9)6-4-2-1-3-5-6;;/h2*1-5H,(H,8,9);1H2;/q;;;+2/p-2. The van der Waals surface area contributed by atoms with Crippen LogP contribution in [0.3, 0.4) is 0 Å². The van der Waals surface area contributed by atoms with E-state index in [1.54, 1.807) is 36.4 Å². The summed E-state index contributed by atoms with van der Waals surface area (Å²) in [5.41, 5.74) is 0.440. The van der Waals surface area contributed by atoms with Crippen molar-refractivity contribution in [1.82, 2.24) is 0 Å². The molecule has 0 heterocycles. The fourth-order valence-corrected chi connectivity index (χ4v) is 1.15. The van der Waals surface area contributed by atoms with Gasteiger partial charge < -0.3 is 25.3 Å². The maximum Gasteiger partial charge on any atom is 2.00 e. The zero-order chi connectivity index (χ0) is 13.4. The van der Waals surface area contributed by atoms with Crippen LogP contribution >= 0.6 is 0 Å². The molecule has 2 N–H and O–H groups in total.